The van der Waals surface area contributed by atoms with Crippen LogP contribution in [-0.2, 0) is 18.4 Å². The van der Waals surface area contributed by atoms with Crippen molar-refractivity contribution in [3.8, 4) is 11.5 Å². The Hall–Kier alpha value is -1.96. The molecule has 1 aliphatic rings. The first kappa shape index (κ1) is 22.3. The molecular formula is C19H26Cl2N4O3. The number of nitrogens with zero attached hydrogens (tertiary/aromatic N) is 2. The Morgan fingerprint density at radius 1 is 1.43 bits per heavy atom. The fourth-order valence-corrected chi connectivity index (χ4v) is 3.70. The fourth-order valence-electron chi connectivity index (χ4n) is 3.42. The summed E-state index contributed by atoms with van der Waals surface area (Å²) in [6, 6.07) is 3.63. The number of amides is 1. The van der Waals surface area contributed by atoms with Crippen LogP contribution in [0.15, 0.2) is 24.5 Å². The van der Waals surface area contributed by atoms with Crippen LogP contribution in [0, 0.1) is 5.92 Å². The number of aryl methyl sites for hydroxylation is 1. The molecule has 1 aromatic carbocycles. The number of benzene rings is 1. The maximum Gasteiger partial charge on any atom is 0.225 e. The average molecular weight is 429 g/mol. The number of methoxy groups -OCH3 is 1. The molecule has 0 bridgehead atoms. The average Bonchev–Trinajstić information content (AvgIpc) is 3.30. The molecule has 2 aromatic rings. The van der Waals surface area contributed by atoms with Crippen molar-refractivity contribution in [2.45, 2.75) is 19.4 Å². The molecule has 3 rings (SSSR count). The standard InChI is InChI=1S/C19H25ClN4O3.ClH/c1-4-27-18-16(20)5-12(6-17(18)26-3)7-22-19(25)15-10-21-9-14(15)13-8-23-24(2)11-13;/h5-6,8,11,14-15,21H,4,7,9-10H2,1-3H3,(H,22,25);1H/t14-,15+;/m1./s1. The Bertz CT molecular complexity index is 812. The molecular weight excluding hydrogens is 403 g/mol. The molecule has 1 aliphatic heterocycles. The first-order valence-electron chi connectivity index (χ1n) is 8.99. The third kappa shape index (κ3) is 4.90. The van der Waals surface area contributed by atoms with Crippen LogP contribution < -0.4 is 20.1 Å². The number of hydrogen-bond acceptors (Lipinski definition) is 5. The summed E-state index contributed by atoms with van der Waals surface area (Å²) in [5.41, 5.74) is 1.94. The van der Waals surface area contributed by atoms with E-state index in [1.54, 1.807) is 17.9 Å². The van der Waals surface area contributed by atoms with Crippen LogP contribution in [0.25, 0.3) is 0 Å². The molecule has 1 amide bonds. The van der Waals surface area contributed by atoms with E-state index >= 15 is 0 Å². The van der Waals surface area contributed by atoms with E-state index < -0.39 is 0 Å². The Morgan fingerprint density at radius 3 is 2.86 bits per heavy atom. The van der Waals surface area contributed by atoms with Crippen LogP contribution in [0.1, 0.15) is 24.0 Å². The van der Waals surface area contributed by atoms with Crippen molar-refractivity contribution in [3.63, 3.8) is 0 Å². The Kier molecular flexibility index (Phi) is 7.98. The molecule has 0 unspecified atom stereocenters. The van der Waals surface area contributed by atoms with E-state index in [9.17, 15) is 4.79 Å². The van der Waals surface area contributed by atoms with Crippen molar-refractivity contribution >= 4 is 29.9 Å². The largest absolute Gasteiger partial charge is 0.493 e. The lowest BCUT2D eigenvalue weighted by molar-refractivity contribution is -0.125. The van der Waals surface area contributed by atoms with Crippen LogP contribution >= 0.6 is 24.0 Å². The van der Waals surface area contributed by atoms with Gasteiger partial charge in [-0.25, -0.2) is 0 Å². The summed E-state index contributed by atoms with van der Waals surface area (Å²) in [6.45, 7) is 4.18. The Balaban J connectivity index is 0.00000280. The highest BCUT2D eigenvalue weighted by molar-refractivity contribution is 6.32. The minimum absolute atomic E-state index is 0. The van der Waals surface area contributed by atoms with Crippen LogP contribution in [0.3, 0.4) is 0 Å². The lowest BCUT2D eigenvalue weighted by atomic mass is 9.90. The van der Waals surface area contributed by atoms with Crippen molar-refractivity contribution in [3.05, 3.63) is 40.7 Å². The molecule has 2 atom stereocenters. The highest BCUT2D eigenvalue weighted by Gasteiger charge is 2.34. The van der Waals surface area contributed by atoms with Crippen molar-refractivity contribution in [2.24, 2.45) is 13.0 Å². The van der Waals surface area contributed by atoms with Gasteiger partial charge in [0.1, 0.15) is 0 Å². The van der Waals surface area contributed by atoms with Gasteiger partial charge in [0, 0.05) is 38.8 Å². The Labute approximate surface area is 176 Å². The number of aromatic nitrogens is 2. The zero-order valence-electron chi connectivity index (χ0n) is 16.2. The molecule has 1 saturated heterocycles. The lowest BCUT2D eigenvalue weighted by Gasteiger charge is -2.18. The molecule has 1 fully saturated rings. The van der Waals surface area contributed by atoms with Crippen molar-refractivity contribution in [1.82, 2.24) is 20.4 Å². The van der Waals surface area contributed by atoms with Crippen LogP contribution in [0.5, 0.6) is 11.5 Å². The number of carbonyl (C=O) groups excluding carboxylic acids is 1. The fraction of sp³-hybridized carbons (Fsp3) is 0.474. The smallest absolute Gasteiger partial charge is 0.225 e. The van der Waals surface area contributed by atoms with Gasteiger partial charge in [0.25, 0.3) is 0 Å². The second kappa shape index (κ2) is 10.0. The summed E-state index contributed by atoms with van der Waals surface area (Å²) in [4.78, 5) is 12.8. The van der Waals surface area contributed by atoms with Gasteiger partial charge in [-0.05, 0) is 30.2 Å². The van der Waals surface area contributed by atoms with Crippen molar-refractivity contribution in [1.29, 1.82) is 0 Å². The SMILES string of the molecule is CCOc1c(Cl)cc(CNC(=O)[C@H]2CNC[C@@H]2c2cnn(C)c2)cc1OC.Cl. The van der Waals surface area contributed by atoms with Gasteiger partial charge in [-0.2, -0.15) is 5.10 Å². The van der Waals surface area contributed by atoms with Crippen LogP contribution in [-0.4, -0.2) is 42.5 Å². The van der Waals surface area contributed by atoms with E-state index in [0.29, 0.717) is 36.2 Å². The maximum absolute atomic E-state index is 12.8. The number of hydrogen-bond donors (Lipinski definition) is 2. The van der Waals surface area contributed by atoms with E-state index in [2.05, 4.69) is 15.7 Å². The molecule has 154 valence electrons. The van der Waals surface area contributed by atoms with E-state index in [1.807, 2.05) is 32.4 Å². The Morgan fingerprint density at radius 2 is 2.21 bits per heavy atom. The zero-order valence-corrected chi connectivity index (χ0v) is 17.8. The summed E-state index contributed by atoms with van der Waals surface area (Å²) < 4.78 is 12.6. The zero-order chi connectivity index (χ0) is 19.4. The highest BCUT2D eigenvalue weighted by atomic mass is 35.5. The van der Waals surface area contributed by atoms with Crippen LogP contribution in [0.2, 0.25) is 5.02 Å². The molecule has 0 saturated carbocycles. The quantitative estimate of drug-likeness (QED) is 0.708. The van der Waals surface area contributed by atoms with E-state index in [1.165, 1.54) is 0 Å². The molecule has 9 heteroatoms. The van der Waals surface area contributed by atoms with Gasteiger partial charge in [0.2, 0.25) is 5.91 Å². The third-order valence-corrected chi connectivity index (χ3v) is 5.03. The van der Waals surface area contributed by atoms with E-state index in [0.717, 1.165) is 17.7 Å². The van der Waals surface area contributed by atoms with Gasteiger partial charge >= 0.3 is 0 Å². The topological polar surface area (TPSA) is 77.4 Å². The number of halogens is 2. The molecule has 0 aliphatic carbocycles. The molecule has 28 heavy (non-hydrogen) atoms. The van der Waals surface area contributed by atoms with Gasteiger partial charge in [-0.15, -0.1) is 12.4 Å². The molecule has 2 N–H and O–H groups in total. The molecule has 0 spiro atoms. The van der Waals surface area contributed by atoms with Gasteiger partial charge in [0.15, 0.2) is 11.5 Å². The second-order valence-corrected chi connectivity index (χ2v) is 6.99. The number of rotatable bonds is 7. The highest BCUT2D eigenvalue weighted by Crippen LogP contribution is 2.36. The minimum atomic E-state index is -0.130. The third-order valence-electron chi connectivity index (χ3n) is 4.75. The van der Waals surface area contributed by atoms with Gasteiger partial charge in [0.05, 0.1) is 30.9 Å². The summed E-state index contributed by atoms with van der Waals surface area (Å²) in [6.07, 6.45) is 3.80. The van der Waals surface area contributed by atoms with Gasteiger partial charge in [-0.1, -0.05) is 11.6 Å². The summed E-state index contributed by atoms with van der Waals surface area (Å²) in [5, 5.41) is 11.0. The van der Waals surface area contributed by atoms with Gasteiger partial charge < -0.3 is 20.1 Å². The second-order valence-electron chi connectivity index (χ2n) is 6.58. The first-order chi connectivity index (χ1) is 13.0. The molecule has 1 aromatic heterocycles. The van der Waals surface area contributed by atoms with Gasteiger partial charge in [-0.3, -0.25) is 9.48 Å². The molecule has 2 heterocycles. The number of nitrogens with one attached hydrogen (secondary N) is 2. The predicted octanol–water partition coefficient (Wildman–Crippen LogP) is 2.52. The summed E-state index contributed by atoms with van der Waals surface area (Å²) >= 11 is 6.30. The van der Waals surface area contributed by atoms with Crippen molar-refractivity contribution < 1.29 is 14.3 Å². The van der Waals surface area contributed by atoms with E-state index in [-0.39, 0.29) is 30.2 Å². The van der Waals surface area contributed by atoms with Crippen LogP contribution in [0.4, 0.5) is 0 Å². The molecule has 0 radical (unpaired) electrons. The van der Waals surface area contributed by atoms with Crippen molar-refractivity contribution in [2.75, 3.05) is 26.8 Å². The normalized spacial score (nSPS) is 18.4. The first-order valence-corrected chi connectivity index (χ1v) is 9.37. The minimum Gasteiger partial charge on any atom is -0.493 e. The monoisotopic (exact) mass is 428 g/mol. The number of carbonyl (C=O) groups is 1. The number of ether oxygens (including phenoxy) is 2. The maximum atomic E-state index is 12.8. The predicted molar refractivity (Wildman–Crippen MR) is 111 cm³/mol. The summed E-state index contributed by atoms with van der Waals surface area (Å²) in [5.74, 6) is 1.09. The summed E-state index contributed by atoms with van der Waals surface area (Å²) in [7, 11) is 3.45. The van der Waals surface area contributed by atoms with E-state index in [4.69, 9.17) is 21.1 Å². The lowest BCUT2D eigenvalue weighted by Crippen LogP contribution is -2.34. The molecule has 7 nitrogen and oxygen atoms in total.